The van der Waals surface area contributed by atoms with Gasteiger partial charge in [-0.3, -0.25) is 4.79 Å². The van der Waals surface area contributed by atoms with Crippen LogP contribution in [0, 0.1) is 0 Å². The zero-order valence-electron chi connectivity index (χ0n) is 11.8. The van der Waals surface area contributed by atoms with Crippen LogP contribution in [0.15, 0.2) is 0 Å². The monoisotopic (exact) mass is 337 g/mol. The number of carbonyl (C=O) groups is 2. The molecule has 1 amide bonds. The van der Waals surface area contributed by atoms with Crippen LogP contribution in [0.5, 0.6) is 0 Å². The molecule has 0 radical (unpaired) electrons. The van der Waals surface area contributed by atoms with Crippen molar-refractivity contribution >= 4 is 33.5 Å². The number of hydrogen-bond acceptors (Lipinski definition) is 7. The molecule has 2 saturated heterocycles. The minimum Gasteiger partial charge on any atom is -0.467 e. The summed E-state index contributed by atoms with van der Waals surface area (Å²) in [5.74, 6) is 0.0110. The molecule has 0 saturated carbocycles. The largest absolute Gasteiger partial charge is 0.467 e. The van der Waals surface area contributed by atoms with Gasteiger partial charge in [0.25, 0.3) is 0 Å². The Kier molecular flexibility index (Phi) is 5.50. The van der Waals surface area contributed by atoms with Crippen LogP contribution in [0.2, 0.25) is 0 Å². The maximum absolute atomic E-state index is 12.1. The topological polar surface area (TPSA) is 90.0 Å². The predicted octanol–water partition coefficient (Wildman–Crippen LogP) is -0.693. The van der Waals surface area contributed by atoms with Gasteiger partial charge in [0.1, 0.15) is 0 Å². The average molecular weight is 337 g/mol. The van der Waals surface area contributed by atoms with Crippen LogP contribution in [0.1, 0.15) is 6.42 Å². The molecule has 0 N–H and O–H groups in total. The van der Waals surface area contributed by atoms with Crippen molar-refractivity contribution in [2.75, 3.05) is 44.1 Å². The van der Waals surface area contributed by atoms with E-state index in [-0.39, 0.29) is 35.0 Å². The lowest BCUT2D eigenvalue weighted by molar-refractivity contribution is -0.161. The van der Waals surface area contributed by atoms with Gasteiger partial charge in [0, 0.05) is 11.8 Å². The van der Waals surface area contributed by atoms with Gasteiger partial charge in [0.05, 0.1) is 37.5 Å². The highest BCUT2D eigenvalue weighted by molar-refractivity contribution is 8.02. The van der Waals surface area contributed by atoms with Crippen molar-refractivity contribution < 1.29 is 27.5 Å². The van der Waals surface area contributed by atoms with Crippen molar-refractivity contribution in [1.82, 2.24) is 4.90 Å². The fourth-order valence-electron chi connectivity index (χ4n) is 2.32. The molecule has 2 fully saturated rings. The third-order valence-electron chi connectivity index (χ3n) is 3.52. The number of ether oxygens (including phenoxy) is 2. The Labute approximate surface area is 128 Å². The van der Waals surface area contributed by atoms with Crippen LogP contribution in [-0.4, -0.2) is 80.6 Å². The van der Waals surface area contributed by atoms with Crippen molar-refractivity contribution in [2.24, 2.45) is 0 Å². The van der Waals surface area contributed by atoms with E-state index in [1.54, 1.807) is 4.90 Å². The molecule has 2 heterocycles. The van der Waals surface area contributed by atoms with Crippen molar-refractivity contribution in [2.45, 2.75) is 17.8 Å². The fraction of sp³-hybridized carbons (Fsp3) is 0.833. The van der Waals surface area contributed by atoms with Gasteiger partial charge in [0.15, 0.2) is 15.9 Å². The third kappa shape index (κ3) is 4.58. The second-order valence-corrected chi connectivity index (χ2v) is 8.58. The first-order valence-electron chi connectivity index (χ1n) is 6.70. The molecular weight excluding hydrogens is 318 g/mol. The Morgan fingerprint density at radius 3 is 2.81 bits per heavy atom. The summed E-state index contributed by atoms with van der Waals surface area (Å²) < 4.78 is 32.6. The first kappa shape index (κ1) is 16.6. The van der Waals surface area contributed by atoms with Crippen LogP contribution in [0.25, 0.3) is 0 Å². The number of esters is 1. The highest BCUT2D eigenvalue weighted by atomic mass is 32.2. The summed E-state index contributed by atoms with van der Waals surface area (Å²) in [5, 5.41) is -0.00334. The van der Waals surface area contributed by atoms with E-state index in [4.69, 9.17) is 4.74 Å². The van der Waals surface area contributed by atoms with E-state index in [2.05, 4.69) is 4.74 Å². The van der Waals surface area contributed by atoms with E-state index in [1.807, 2.05) is 0 Å². The Hall–Kier alpha value is -0.800. The molecule has 120 valence electrons. The molecule has 2 unspecified atom stereocenters. The summed E-state index contributed by atoms with van der Waals surface area (Å²) in [6.07, 6.45) is -0.127. The molecule has 7 nitrogen and oxygen atoms in total. The van der Waals surface area contributed by atoms with Crippen LogP contribution in [0.3, 0.4) is 0 Å². The van der Waals surface area contributed by atoms with Gasteiger partial charge in [-0.15, -0.1) is 11.8 Å². The molecule has 9 heteroatoms. The molecule has 0 aromatic rings. The molecule has 2 atom stereocenters. The quantitative estimate of drug-likeness (QED) is 0.627. The van der Waals surface area contributed by atoms with Crippen LogP contribution in [-0.2, 0) is 28.9 Å². The Morgan fingerprint density at radius 1 is 1.43 bits per heavy atom. The van der Waals surface area contributed by atoms with Gasteiger partial charge in [-0.1, -0.05) is 0 Å². The van der Waals surface area contributed by atoms with E-state index >= 15 is 0 Å². The summed E-state index contributed by atoms with van der Waals surface area (Å²) in [6.45, 7) is 0.929. The number of amides is 1. The van der Waals surface area contributed by atoms with E-state index < -0.39 is 21.9 Å². The van der Waals surface area contributed by atoms with Gasteiger partial charge in [-0.05, 0) is 6.42 Å². The van der Waals surface area contributed by atoms with E-state index in [0.29, 0.717) is 19.6 Å². The lowest BCUT2D eigenvalue weighted by atomic mass is 10.2. The molecule has 0 aromatic heterocycles. The van der Waals surface area contributed by atoms with Crippen molar-refractivity contribution in [3.63, 3.8) is 0 Å². The number of sulfone groups is 1. The number of hydrogen-bond donors (Lipinski definition) is 0. The molecule has 21 heavy (non-hydrogen) atoms. The first-order chi connectivity index (χ1) is 9.91. The van der Waals surface area contributed by atoms with Crippen molar-refractivity contribution in [1.29, 1.82) is 0 Å². The second kappa shape index (κ2) is 6.97. The normalized spacial score (nSPS) is 28.3. The summed E-state index contributed by atoms with van der Waals surface area (Å²) in [5.41, 5.74) is 0. The summed E-state index contributed by atoms with van der Waals surface area (Å²) >= 11 is 1.38. The number of rotatable bonds is 4. The average Bonchev–Trinajstić information content (AvgIpc) is 2.83. The number of thioether (sulfide) groups is 1. The van der Waals surface area contributed by atoms with E-state index in [9.17, 15) is 18.0 Å². The molecule has 2 aliphatic rings. The number of carbonyl (C=O) groups excluding carboxylic acids is 2. The number of nitrogens with zero attached hydrogens (tertiary/aromatic N) is 1. The molecular formula is C12H19NO6S2. The minimum absolute atomic E-state index is 0.00334. The second-order valence-electron chi connectivity index (χ2n) is 5.06. The molecule has 0 spiro atoms. The number of methoxy groups -OCH3 is 1. The summed E-state index contributed by atoms with van der Waals surface area (Å²) in [4.78, 5) is 25.1. The molecule has 0 aliphatic carbocycles. The van der Waals surface area contributed by atoms with Gasteiger partial charge < -0.3 is 14.4 Å². The number of morpholine rings is 1. The third-order valence-corrected chi connectivity index (χ3v) is 6.78. The van der Waals surface area contributed by atoms with Crippen molar-refractivity contribution in [3.05, 3.63) is 0 Å². The lowest BCUT2D eigenvalue weighted by Crippen LogP contribution is -2.49. The molecule has 0 aromatic carbocycles. The highest BCUT2D eigenvalue weighted by Gasteiger charge is 2.32. The molecule has 2 rings (SSSR count). The lowest BCUT2D eigenvalue weighted by Gasteiger charge is -2.31. The predicted molar refractivity (Wildman–Crippen MR) is 77.9 cm³/mol. The van der Waals surface area contributed by atoms with E-state index in [0.717, 1.165) is 0 Å². The molecule has 0 bridgehead atoms. The van der Waals surface area contributed by atoms with Crippen molar-refractivity contribution in [3.8, 4) is 0 Å². The maximum Gasteiger partial charge on any atom is 0.336 e. The summed E-state index contributed by atoms with van der Waals surface area (Å²) in [7, 11) is -1.64. The fourth-order valence-corrected chi connectivity index (χ4v) is 5.87. The van der Waals surface area contributed by atoms with Crippen LogP contribution < -0.4 is 0 Å². The minimum atomic E-state index is -2.92. The molecule has 2 aliphatic heterocycles. The Morgan fingerprint density at radius 2 is 2.19 bits per heavy atom. The van der Waals surface area contributed by atoms with Gasteiger partial charge >= 0.3 is 5.97 Å². The zero-order chi connectivity index (χ0) is 15.5. The smallest absolute Gasteiger partial charge is 0.336 e. The summed E-state index contributed by atoms with van der Waals surface area (Å²) in [6, 6.07) is 0. The maximum atomic E-state index is 12.1. The highest BCUT2D eigenvalue weighted by Crippen LogP contribution is 2.24. The van der Waals surface area contributed by atoms with Gasteiger partial charge in [-0.25, -0.2) is 13.2 Å². The van der Waals surface area contributed by atoms with Crippen LogP contribution in [0.4, 0.5) is 0 Å². The van der Waals surface area contributed by atoms with E-state index in [1.165, 1.54) is 18.9 Å². The Balaban J connectivity index is 1.79. The van der Waals surface area contributed by atoms with Crippen LogP contribution >= 0.6 is 11.8 Å². The Bertz CT molecular complexity index is 506. The zero-order valence-corrected chi connectivity index (χ0v) is 13.5. The standard InChI is InChI=1S/C12H19NO6S2/c1-18-12(15)10-6-13(3-4-19-10)11(14)7-20-9-2-5-21(16,17)8-9/h9-10H,2-8H2,1H3. The SMILES string of the molecule is COC(=O)C1CN(C(=O)CSC2CCS(=O)(=O)C2)CCO1. The first-order valence-corrected chi connectivity index (χ1v) is 9.57. The van der Waals surface area contributed by atoms with Gasteiger partial charge in [-0.2, -0.15) is 0 Å². The van der Waals surface area contributed by atoms with Gasteiger partial charge in [0.2, 0.25) is 5.91 Å².